The highest BCUT2D eigenvalue weighted by Crippen LogP contribution is 2.32. The molecule has 0 saturated carbocycles. The summed E-state index contributed by atoms with van der Waals surface area (Å²) in [5.41, 5.74) is 1.79. The number of hydrogen-bond donors (Lipinski definition) is 0. The summed E-state index contributed by atoms with van der Waals surface area (Å²) in [6, 6.07) is 8.53. The minimum absolute atomic E-state index is 0.0188. The van der Waals surface area contributed by atoms with Crippen LogP contribution in [0.1, 0.15) is 6.92 Å². The number of benzene rings is 1. The maximum atomic E-state index is 10.9. The molecule has 1 heterocycles. The van der Waals surface area contributed by atoms with E-state index in [0.717, 1.165) is 11.1 Å². The highest BCUT2D eigenvalue weighted by atomic mass is 16.6. The molecule has 92 valence electrons. The standard InChI is InChI=1S/C13H12N2O3/c1-2-18-13-9-11(3-4-12(13)15(16)17)10-5-7-14-8-6-10/h3-9H,2H2,1H3. The minimum Gasteiger partial charge on any atom is -0.487 e. The first-order valence-electron chi connectivity index (χ1n) is 5.54. The van der Waals surface area contributed by atoms with Crippen LogP contribution in [-0.2, 0) is 0 Å². The highest BCUT2D eigenvalue weighted by molar-refractivity contribution is 5.67. The molecule has 2 rings (SSSR count). The third-order valence-electron chi connectivity index (χ3n) is 2.47. The van der Waals surface area contributed by atoms with Gasteiger partial charge in [0.05, 0.1) is 11.5 Å². The number of nitrogens with zero attached hydrogens (tertiary/aromatic N) is 2. The van der Waals surface area contributed by atoms with Gasteiger partial charge in [-0.2, -0.15) is 0 Å². The van der Waals surface area contributed by atoms with Crippen LogP contribution < -0.4 is 4.74 Å². The Hall–Kier alpha value is -2.43. The predicted molar refractivity (Wildman–Crippen MR) is 67.5 cm³/mol. The molecule has 0 aliphatic rings. The van der Waals surface area contributed by atoms with Crippen LogP contribution >= 0.6 is 0 Å². The Morgan fingerprint density at radius 3 is 2.56 bits per heavy atom. The largest absolute Gasteiger partial charge is 0.487 e. The molecule has 5 heteroatoms. The van der Waals surface area contributed by atoms with Gasteiger partial charge in [0.1, 0.15) is 0 Å². The monoisotopic (exact) mass is 244 g/mol. The molecule has 0 bridgehead atoms. The van der Waals surface area contributed by atoms with Gasteiger partial charge in [0.2, 0.25) is 0 Å². The Kier molecular flexibility index (Phi) is 3.52. The molecule has 1 aromatic heterocycles. The number of rotatable bonds is 4. The molecule has 18 heavy (non-hydrogen) atoms. The first kappa shape index (κ1) is 12.0. The van der Waals surface area contributed by atoms with Crippen molar-refractivity contribution in [2.75, 3.05) is 6.61 Å². The van der Waals surface area contributed by atoms with Gasteiger partial charge >= 0.3 is 5.69 Å². The number of aromatic nitrogens is 1. The van der Waals surface area contributed by atoms with E-state index in [4.69, 9.17) is 4.74 Å². The number of nitro benzene ring substituents is 1. The molecule has 0 aliphatic carbocycles. The summed E-state index contributed by atoms with van der Waals surface area (Å²) in [6.07, 6.45) is 3.36. The van der Waals surface area contributed by atoms with Crippen molar-refractivity contribution in [1.29, 1.82) is 0 Å². The summed E-state index contributed by atoms with van der Waals surface area (Å²) >= 11 is 0. The second-order valence-electron chi connectivity index (χ2n) is 3.61. The van der Waals surface area contributed by atoms with Crippen LogP contribution in [0.25, 0.3) is 11.1 Å². The van der Waals surface area contributed by atoms with E-state index >= 15 is 0 Å². The van der Waals surface area contributed by atoms with E-state index in [0.29, 0.717) is 6.61 Å². The van der Waals surface area contributed by atoms with E-state index in [1.54, 1.807) is 31.5 Å². The summed E-state index contributed by atoms with van der Waals surface area (Å²) < 4.78 is 5.30. The molecule has 5 nitrogen and oxygen atoms in total. The van der Waals surface area contributed by atoms with Crippen molar-refractivity contribution in [2.24, 2.45) is 0 Å². The Balaban J connectivity index is 2.46. The summed E-state index contributed by atoms with van der Waals surface area (Å²) in [7, 11) is 0. The highest BCUT2D eigenvalue weighted by Gasteiger charge is 2.15. The third-order valence-corrected chi connectivity index (χ3v) is 2.47. The molecule has 0 amide bonds. The van der Waals surface area contributed by atoms with Gasteiger partial charge in [0.15, 0.2) is 5.75 Å². The molecule has 0 saturated heterocycles. The van der Waals surface area contributed by atoms with Crippen molar-refractivity contribution in [1.82, 2.24) is 4.98 Å². The Morgan fingerprint density at radius 2 is 1.94 bits per heavy atom. The maximum Gasteiger partial charge on any atom is 0.310 e. The van der Waals surface area contributed by atoms with Crippen molar-refractivity contribution >= 4 is 5.69 Å². The normalized spacial score (nSPS) is 10.1. The molecule has 0 atom stereocenters. The van der Waals surface area contributed by atoms with Crippen molar-refractivity contribution in [2.45, 2.75) is 6.92 Å². The molecule has 0 radical (unpaired) electrons. The van der Waals surface area contributed by atoms with Crippen LogP contribution in [0, 0.1) is 10.1 Å². The van der Waals surface area contributed by atoms with Gasteiger partial charge in [-0.15, -0.1) is 0 Å². The van der Waals surface area contributed by atoms with E-state index in [1.807, 2.05) is 12.1 Å². The summed E-state index contributed by atoms with van der Waals surface area (Å²) in [5, 5.41) is 10.9. The lowest BCUT2D eigenvalue weighted by molar-refractivity contribution is -0.385. The average Bonchev–Trinajstić information content (AvgIpc) is 2.40. The quantitative estimate of drug-likeness (QED) is 0.612. The van der Waals surface area contributed by atoms with E-state index < -0.39 is 4.92 Å². The third kappa shape index (κ3) is 2.45. The predicted octanol–water partition coefficient (Wildman–Crippen LogP) is 3.06. The van der Waals surface area contributed by atoms with E-state index in [2.05, 4.69) is 4.98 Å². The van der Waals surface area contributed by atoms with Gasteiger partial charge in [0, 0.05) is 18.5 Å². The van der Waals surface area contributed by atoms with Gasteiger partial charge in [-0.1, -0.05) is 0 Å². The molecular weight excluding hydrogens is 232 g/mol. The van der Waals surface area contributed by atoms with E-state index in [9.17, 15) is 10.1 Å². The number of ether oxygens (including phenoxy) is 1. The fourth-order valence-corrected chi connectivity index (χ4v) is 1.66. The molecule has 0 N–H and O–H groups in total. The molecule has 0 unspecified atom stereocenters. The number of nitro groups is 1. The lowest BCUT2D eigenvalue weighted by Crippen LogP contribution is -1.97. The van der Waals surface area contributed by atoms with Gasteiger partial charge < -0.3 is 4.74 Å². The van der Waals surface area contributed by atoms with E-state index in [1.165, 1.54) is 6.07 Å². The summed E-state index contributed by atoms with van der Waals surface area (Å²) in [6.45, 7) is 2.18. The van der Waals surface area contributed by atoms with Crippen LogP contribution in [-0.4, -0.2) is 16.5 Å². The number of hydrogen-bond acceptors (Lipinski definition) is 4. The SMILES string of the molecule is CCOc1cc(-c2ccncc2)ccc1[N+](=O)[O-]. The summed E-state index contributed by atoms with van der Waals surface area (Å²) in [5.74, 6) is 0.289. The zero-order chi connectivity index (χ0) is 13.0. The van der Waals surface area contributed by atoms with E-state index in [-0.39, 0.29) is 11.4 Å². The Bertz CT molecular complexity index is 555. The lowest BCUT2D eigenvalue weighted by atomic mass is 10.1. The van der Waals surface area contributed by atoms with Crippen LogP contribution in [0.4, 0.5) is 5.69 Å². The van der Waals surface area contributed by atoms with Gasteiger partial charge in [-0.25, -0.2) is 0 Å². The minimum atomic E-state index is -0.443. The van der Waals surface area contributed by atoms with Crippen molar-refractivity contribution in [3.63, 3.8) is 0 Å². The van der Waals surface area contributed by atoms with Crippen molar-refractivity contribution in [3.8, 4) is 16.9 Å². The Morgan fingerprint density at radius 1 is 1.22 bits per heavy atom. The zero-order valence-corrected chi connectivity index (χ0v) is 9.87. The lowest BCUT2D eigenvalue weighted by Gasteiger charge is -2.07. The first-order valence-corrected chi connectivity index (χ1v) is 5.54. The second kappa shape index (κ2) is 5.27. The van der Waals surface area contributed by atoms with Gasteiger partial charge in [-0.05, 0) is 42.3 Å². The van der Waals surface area contributed by atoms with Gasteiger partial charge in [-0.3, -0.25) is 15.1 Å². The Labute approximate surface area is 104 Å². The molecule has 0 spiro atoms. The molecule has 2 aromatic rings. The van der Waals surface area contributed by atoms with Crippen LogP contribution in [0.2, 0.25) is 0 Å². The average molecular weight is 244 g/mol. The zero-order valence-electron chi connectivity index (χ0n) is 9.87. The smallest absolute Gasteiger partial charge is 0.310 e. The molecule has 0 aliphatic heterocycles. The summed E-state index contributed by atoms with van der Waals surface area (Å²) in [4.78, 5) is 14.4. The van der Waals surface area contributed by atoms with Crippen molar-refractivity contribution < 1.29 is 9.66 Å². The molecule has 0 fully saturated rings. The first-order chi connectivity index (χ1) is 8.72. The molecular formula is C13H12N2O3. The fourth-order valence-electron chi connectivity index (χ4n) is 1.66. The van der Waals surface area contributed by atoms with Crippen molar-refractivity contribution in [3.05, 3.63) is 52.8 Å². The topological polar surface area (TPSA) is 65.3 Å². The van der Waals surface area contributed by atoms with Crippen LogP contribution in [0.5, 0.6) is 5.75 Å². The number of pyridine rings is 1. The molecule has 1 aromatic carbocycles. The maximum absolute atomic E-state index is 10.9. The van der Waals surface area contributed by atoms with Crippen LogP contribution in [0.3, 0.4) is 0 Å². The van der Waals surface area contributed by atoms with Gasteiger partial charge in [0.25, 0.3) is 0 Å². The second-order valence-corrected chi connectivity index (χ2v) is 3.61. The fraction of sp³-hybridized carbons (Fsp3) is 0.154. The van der Waals surface area contributed by atoms with Crippen LogP contribution in [0.15, 0.2) is 42.7 Å².